The van der Waals surface area contributed by atoms with Gasteiger partial charge in [-0.25, -0.2) is 0 Å². The van der Waals surface area contributed by atoms with E-state index < -0.39 is 0 Å². The van der Waals surface area contributed by atoms with E-state index in [-0.39, 0.29) is 6.04 Å². The molecule has 1 fully saturated rings. The summed E-state index contributed by atoms with van der Waals surface area (Å²) in [5.74, 6) is 0.321. The molecule has 3 nitrogen and oxygen atoms in total. The maximum Gasteiger partial charge on any atom is 0.155 e. The van der Waals surface area contributed by atoms with Crippen LogP contribution >= 0.6 is 0 Å². The highest BCUT2D eigenvalue weighted by Crippen LogP contribution is 2.26. The van der Waals surface area contributed by atoms with Gasteiger partial charge >= 0.3 is 0 Å². The lowest BCUT2D eigenvalue weighted by Crippen LogP contribution is -2.27. The van der Waals surface area contributed by atoms with Crippen LogP contribution in [0.1, 0.15) is 31.2 Å². The van der Waals surface area contributed by atoms with E-state index in [1.807, 2.05) is 18.2 Å². The van der Waals surface area contributed by atoms with Crippen molar-refractivity contribution in [1.82, 2.24) is 0 Å². The Morgan fingerprint density at radius 1 is 1.39 bits per heavy atom. The van der Waals surface area contributed by atoms with Crippen molar-refractivity contribution in [2.24, 2.45) is 0 Å². The Morgan fingerprint density at radius 3 is 3.06 bits per heavy atom. The molecule has 18 heavy (non-hydrogen) atoms. The van der Waals surface area contributed by atoms with E-state index in [4.69, 9.17) is 4.74 Å². The fourth-order valence-corrected chi connectivity index (χ4v) is 2.84. The third-order valence-corrected chi connectivity index (χ3v) is 3.90. The van der Waals surface area contributed by atoms with E-state index in [0.29, 0.717) is 18.3 Å². The average Bonchev–Trinajstić information content (AvgIpc) is 3.04. The number of fused-ring (bicyclic) bond motifs is 1. The number of benzene rings is 1. The van der Waals surface area contributed by atoms with Gasteiger partial charge in [0.05, 0.1) is 12.1 Å². The molecule has 1 saturated heterocycles. The maximum atomic E-state index is 12.2. The number of rotatable bonds is 4. The molecule has 3 rings (SSSR count). The smallest absolute Gasteiger partial charge is 0.155 e. The summed E-state index contributed by atoms with van der Waals surface area (Å²) in [7, 11) is 0. The standard InChI is InChI=1S/C15H19NO2/c17-15(8-7-12-5-3-9-18-12)14-10-11-4-1-2-6-13(11)16-14/h1-2,4,6,12,14,16H,3,5,7-10H2. The molecule has 0 spiro atoms. The zero-order valence-electron chi connectivity index (χ0n) is 10.5. The fourth-order valence-electron chi connectivity index (χ4n) is 2.84. The van der Waals surface area contributed by atoms with Gasteiger partial charge in [0.25, 0.3) is 0 Å². The van der Waals surface area contributed by atoms with E-state index >= 15 is 0 Å². The number of Topliss-reactive ketones (excluding diaryl/α,β-unsaturated/α-hetero) is 1. The van der Waals surface area contributed by atoms with Gasteiger partial charge in [0.2, 0.25) is 0 Å². The Kier molecular flexibility index (Phi) is 3.33. The van der Waals surface area contributed by atoms with Crippen LogP contribution in [0.2, 0.25) is 0 Å². The molecule has 1 aromatic rings. The third-order valence-electron chi connectivity index (χ3n) is 3.90. The first-order valence-corrected chi connectivity index (χ1v) is 6.82. The molecular weight excluding hydrogens is 226 g/mol. The minimum Gasteiger partial charge on any atom is -0.378 e. The van der Waals surface area contributed by atoms with E-state index in [2.05, 4.69) is 11.4 Å². The van der Waals surface area contributed by atoms with Crippen molar-refractivity contribution in [2.45, 2.75) is 44.2 Å². The first-order chi connectivity index (χ1) is 8.83. The van der Waals surface area contributed by atoms with E-state index in [1.54, 1.807) is 0 Å². The Balaban J connectivity index is 1.52. The van der Waals surface area contributed by atoms with Crippen molar-refractivity contribution in [3.05, 3.63) is 29.8 Å². The topological polar surface area (TPSA) is 38.3 Å². The second-order valence-corrected chi connectivity index (χ2v) is 5.20. The van der Waals surface area contributed by atoms with Crippen LogP contribution in [0.5, 0.6) is 0 Å². The molecule has 1 N–H and O–H groups in total. The molecule has 3 heteroatoms. The van der Waals surface area contributed by atoms with Crippen LogP contribution in [0.15, 0.2) is 24.3 Å². The molecule has 0 radical (unpaired) electrons. The normalized spacial score (nSPS) is 25.8. The van der Waals surface area contributed by atoms with Crippen molar-refractivity contribution in [3.63, 3.8) is 0 Å². The van der Waals surface area contributed by atoms with Gasteiger partial charge in [0, 0.05) is 25.1 Å². The number of hydrogen-bond acceptors (Lipinski definition) is 3. The van der Waals surface area contributed by atoms with Crippen LogP contribution in [0.3, 0.4) is 0 Å². The van der Waals surface area contributed by atoms with Gasteiger partial charge < -0.3 is 10.1 Å². The maximum absolute atomic E-state index is 12.2. The van der Waals surface area contributed by atoms with Crippen molar-refractivity contribution >= 4 is 11.5 Å². The summed E-state index contributed by atoms with van der Waals surface area (Å²) in [5, 5.41) is 3.32. The van der Waals surface area contributed by atoms with Crippen molar-refractivity contribution in [2.75, 3.05) is 11.9 Å². The number of ketones is 1. The molecule has 2 aliphatic rings. The SMILES string of the molecule is O=C(CCC1CCCO1)C1Cc2ccccc2N1. The molecular formula is C15H19NO2. The van der Waals surface area contributed by atoms with Crippen LogP contribution < -0.4 is 5.32 Å². The summed E-state index contributed by atoms with van der Waals surface area (Å²) < 4.78 is 5.56. The first-order valence-electron chi connectivity index (χ1n) is 6.82. The molecule has 2 atom stereocenters. The zero-order chi connectivity index (χ0) is 12.4. The van der Waals surface area contributed by atoms with Gasteiger partial charge in [-0.3, -0.25) is 4.79 Å². The molecule has 1 aromatic carbocycles. The molecule has 2 unspecified atom stereocenters. The highest BCUT2D eigenvalue weighted by Gasteiger charge is 2.27. The quantitative estimate of drug-likeness (QED) is 0.886. The van der Waals surface area contributed by atoms with Crippen molar-refractivity contribution in [1.29, 1.82) is 0 Å². The molecule has 0 aromatic heterocycles. The summed E-state index contributed by atoms with van der Waals surface area (Å²) in [5.41, 5.74) is 2.38. The predicted octanol–water partition coefficient (Wildman–Crippen LogP) is 2.55. The number of para-hydroxylation sites is 1. The predicted molar refractivity (Wildman–Crippen MR) is 70.8 cm³/mol. The Bertz CT molecular complexity index is 413. The molecule has 2 aliphatic heterocycles. The number of anilines is 1. The largest absolute Gasteiger partial charge is 0.378 e. The highest BCUT2D eigenvalue weighted by atomic mass is 16.5. The zero-order valence-corrected chi connectivity index (χ0v) is 10.5. The number of carbonyl (C=O) groups is 1. The van der Waals surface area contributed by atoms with Crippen LogP contribution in [-0.2, 0) is 16.0 Å². The highest BCUT2D eigenvalue weighted by molar-refractivity contribution is 5.89. The van der Waals surface area contributed by atoms with Gasteiger partial charge in [-0.15, -0.1) is 0 Å². The average molecular weight is 245 g/mol. The minimum atomic E-state index is -0.0243. The second-order valence-electron chi connectivity index (χ2n) is 5.20. The van der Waals surface area contributed by atoms with E-state index in [0.717, 1.165) is 38.0 Å². The number of ether oxygens (including phenoxy) is 1. The lowest BCUT2D eigenvalue weighted by Gasteiger charge is -2.12. The van der Waals surface area contributed by atoms with Gasteiger partial charge in [0.1, 0.15) is 0 Å². The molecule has 0 bridgehead atoms. The lowest BCUT2D eigenvalue weighted by atomic mass is 10.0. The first kappa shape index (κ1) is 11.7. The van der Waals surface area contributed by atoms with Gasteiger partial charge in [-0.05, 0) is 30.9 Å². The molecule has 0 amide bonds. The van der Waals surface area contributed by atoms with Gasteiger partial charge in [0.15, 0.2) is 5.78 Å². The number of nitrogens with one attached hydrogen (secondary N) is 1. The lowest BCUT2D eigenvalue weighted by molar-refractivity contribution is -0.120. The van der Waals surface area contributed by atoms with E-state index in [9.17, 15) is 4.79 Å². The van der Waals surface area contributed by atoms with E-state index in [1.165, 1.54) is 5.56 Å². The van der Waals surface area contributed by atoms with Crippen LogP contribution in [0.4, 0.5) is 5.69 Å². The minimum absolute atomic E-state index is 0.0243. The van der Waals surface area contributed by atoms with Crippen LogP contribution in [-0.4, -0.2) is 24.5 Å². The Hall–Kier alpha value is -1.35. The Labute approximate surface area is 108 Å². The second kappa shape index (κ2) is 5.11. The summed E-state index contributed by atoms with van der Waals surface area (Å²) in [6.07, 6.45) is 4.93. The Morgan fingerprint density at radius 2 is 2.28 bits per heavy atom. The monoisotopic (exact) mass is 245 g/mol. The van der Waals surface area contributed by atoms with Crippen molar-refractivity contribution in [3.8, 4) is 0 Å². The summed E-state index contributed by atoms with van der Waals surface area (Å²) in [4.78, 5) is 12.2. The molecule has 0 aliphatic carbocycles. The third kappa shape index (κ3) is 2.41. The molecule has 96 valence electrons. The van der Waals surface area contributed by atoms with Crippen LogP contribution in [0, 0.1) is 0 Å². The fraction of sp³-hybridized carbons (Fsp3) is 0.533. The molecule has 0 saturated carbocycles. The van der Waals surface area contributed by atoms with Crippen molar-refractivity contribution < 1.29 is 9.53 Å². The summed E-state index contributed by atoms with van der Waals surface area (Å²) >= 11 is 0. The summed E-state index contributed by atoms with van der Waals surface area (Å²) in [6.45, 7) is 0.867. The molecule has 2 heterocycles. The number of carbonyl (C=O) groups excluding carboxylic acids is 1. The number of hydrogen-bond donors (Lipinski definition) is 1. The summed E-state index contributed by atoms with van der Waals surface area (Å²) in [6, 6.07) is 8.15. The van der Waals surface area contributed by atoms with Crippen LogP contribution in [0.25, 0.3) is 0 Å². The van der Waals surface area contributed by atoms with Gasteiger partial charge in [-0.1, -0.05) is 18.2 Å². The van der Waals surface area contributed by atoms with Gasteiger partial charge in [-0.2, -0.15) is 0 Å².